The van der Waals surface area contributed by atoms with Gasteiger partial charge in [-0.1, -0.05) is 47.1 Å². The fourth-order valence-electron chi connectivity index (χ4n) is 3.49. The number of Topliss-reactive ketones (excluding diaryl/α,β-unsaturated/α-hetero) is 1. The van der Waals surface area contributed by atoms with Crippen LogP contribution >= 0.6 is 0 Å². The maximum atomic E-state index is 12.3. The minimum absolute atomic E-state index is 0.0177. The summed E-state index contributed by atoms with van der Waals surface area (Å²) < 4.78 is 7.53. The number of benzene rings is 2. The van der Waals surface area contributed by atoms with Crippen molar-refractivity contribution in [3.8, 4) is 5.75 Å². The number of anilines is 1. The Morgan fingerprint density at radius 2 is 1.96 bits per heavy atom. The van der Waals surface area contributed by atoms with Gasteiger partial charge in [0.15, 0.2) is 5.78 Å². The third-order valence-electron chi connectivity index (χ3n) is 4.78. The van der Waals surface area contributed by atoms with Crippen molar-refractivity contribution in [2.75, 3.05) is 5.32 Å². The number of ketones is 1. The molecule has 4 rings (SSSR count). The van der Waals surface area contributed by atoms with Crippen molar-refractivity contribution in [1.82, 2.24) is 20.2 Å². The van der Waals surface area contributed by atoms with E-state index in [9.17, 15) is 4.79 Å². The lowest BCUT2D eigenvalue weighted by molar-refractivity contribution is -0.114. The van der Waals surface area contributed by atoms with E-state index in [1.165, 1.54) is 5.56 Å². The number of aryl methyl sites for hydroxylation is 1. The van der Waals surface area contributed by atoms with Crippen LogP contribution < -0.4 is 10.1 Å². The van der Waals surface area contributed by atoms with Gasteiger partial charge in [-0.3, -0.25) is 4.79 Å². The molecule has 28 heavy (non-hydrogen) atoms. The maximum Gasteiger partial charge on any atom is 0.248 e. The number of rotatable bonds is 5. The van der Waals surface area contributed by atoms with Crippen LogP contribution in [-0.2, 0) is 11.4 Å². The first-order valence-corrected chi connectivity index (χ1v) is 9.08. The van der Waals surface area contributed by atoms with Crippen LogP contribution in [0, 0.1) is 6.92 Å². The quantitative estimate of drug-likeness (QED) is 0.736. The molecule has 0 amide bonds. The lowest BCUT2D eigenvalue weighted by Gasteiger charge is -2.27. The van der Waals surface area contributed by atoms with Gasteiger partial charge in [0.05, 0.1) is 0 Å². The number of hydrogen-bond acceptors (Lipinski definition) is 6. The molecule has 7 heteroatoms. The van der Waals surface area contributed by atoms with Crippen molar-refractivity contribution in [2.24, 2.45) is 0 Å². The summed E-state index contributed by atoms with van der Waals surface area (Å²) in [5, 5.41) is 14.9. The van der Waals surface area contributed by atoms with Gasteiger partial charge in [0.25, 0.3) is 0 Å². The Morgan fingerprint density at radius 3 is 2.68 bits per heavy atom. The van der Waals surface area contributed by atoms with Gasteiger partial charge in [-0.2, -0.15) is 4.68 Å². The van der Waals surface area contributed by atoms with E-state index in [1.807, 2.05) is 43.3 Å². The molecular formula is C21H21N5O2. The van der Waals surface area contributed by atoms with E-state index in [1.54, 1.807) is 11.6 Å². The molecule has 0 saturated heterocycles. The largest absolute Gasteiger partial charge is 0.489 e. The number of carbonyl (C=O) groups is 1. The minimum atomic E-state index is -0.366. The number of tetrazole rings is 1. The average Bonchev–Trinajstić information content (AvgIpc) is 3.13. The molecule has 3 aromatic rings. The summed E-state index contributed by atoms with van der Waals surface area (Å²) in [5.41, 5.74) is 4.66. The molecule has 1 aliphatic rings. The number of aromatic nitrogens is 4. The van der Waals surface area contributed by atoms with Crippen LogP contribution in [0.2, 0.25) is 0 Å². The van der Waals surface area contributed by atoms with E-state index in [4.69, 9.17) is 4.74 Å². The van der Waals surface area contributed by atoms with Gasteiger partial charge in [-0.15, -0.1) is 0 Å². The van der Waals surface area contributed by atoms with Crippen molar-refractivity contribution in [1.29, 1.82) is 0 Å². The first-order chi connectivity index (χ1) is 13.5. The first kappa shape index (κ1) is 17.9. The number of allylic oxidation sites excluding steroid dienone is 2. The molecule has 0 aliphatic carbocycles. The van der Waals surface area contributed by atoms with E-state index in [-0.39, 0.29) is 11.8 Å². The van der Waals surface area contributed by atoms with E-state index >= 15 is 0 Å². The lowest BCUT2D eigenvalue weighted by atomic mass is 9.93. The van der Waals surface area contributed by atoms with Crippen molar-refractivity contribution >= 4 is 11.7 Å². The fraction of sp³-hybridized carbons (Fsp3) is 0.238. The Balaban J connectivity index is 1.58. The molecular weight excluding hydrogens is 354 g/mol. The van der Waals surface area contributed by atoms with Crippen LogP contribution in [-0.4, -0.2) is 26.0 Å². The Kier molecular flexibility index (Phi) is 4.65. The highest BCUT2D eigenvalue weighted by Crippen LogP contribution is 2.35. The van der Waals surface area contributed by atoms with Gasteiger partial charge in [-0.25, -0.2) is 0 Å². The topological polar surface area (TPSA) is 81.9 Å². The smallest absolute Gasteiger partial charge is 0.248 e. The average molecular weight is 375 g/mol. The maximum absolute atomic E-state index is 12.3. The third-order valence-corrected chi connectivity index (χ3v) is 4.78. The summed E-state index contributed by atoms with van der Waals surface area (Å²) in [6, 6.07) is 15.6. The molecule has 0 bridgehead atoms. The van der Waals surface area contributed by atoms with Gasteiger partial charge < -0.3 is 10.1 Å². The number of nitrogens with zero attached hydrogens (tertiary/aromatic N) is 4. The zero-order valence-corrected chi connectivity index (χ0v) is 16.0. The van der Waals surface area contributed by atoms with Crippen molar-refractivity contribution in [3.05, 3.63) is 76.5 Å². The van der Waals surface area contributed by atoms with Gasteiger partial charge in [-0.05, 0) is 54.5 Å². The molecule has 1 aliphatic heterocycles. The van der Waals surface area contributed by atoms with Crippen LogP contribution in [0.4, 0.5) is 5.95 Å². The van der Waals surface area contributed by atoms with Crippen molar-refractivity contribution in [3.63, 3.8) is 0 Å². The highest BCUT2D eigenvalue weighted by molar-refractivity contribution is 5.96. The van der Waals surface area contributed by atoms with Crippen molar-refractivity contribution < 1.29 is 9.53 Å². The van der Waals surface area contributed by atoms with Crippen LogP contribution in [0.15, 0.2) is 59.8 Å². The Morgan fingerprint density at radius 1 is 1.18 bits per heavy atom. The predicted molar refractivity (Wildman–Crippen MR) is 105 cm³/mol. The summed E-state index contributed by atoms with van der Waals surface area (Å²) >= 11 is 0. The Bertz CT molecular complexity index is 1050. The minimum Gasteiger partial charge on any atom is -0.489 e. The second-order valence-electron chi connectivity index (χ2n) is 6.92. The van der Waals surface area contributed by atoms with Gasteiger partial charge in [0.2, 0.25) is 5.95 Å². The first-order valence-electron chi connectivity index (χ1n) is 9.08. The highest BCUT2D eigenvalue weighted by atomic mass is 16.5. The van der Waals surface area contributed by atoms with Crippen LogP contribution in [0.1, 0.15) is 36.6 Å². The fourth-order valence-corrected chi connectivity index (χ4v) is 3.49. The molecule has 0 saturated carbocycles. The summed E-state index contributed by atoms with van der Waals surface area (Å²) in [5.74, 6) is 1.27. The summed E-state index contributed by atoms with van der Waals surface area (Å²) in [6.45, 7) is 5.99. The molecule has 2 aromatic carbocycles. The molecule has 1 N–H and O–H groups in total. The van der Waals surface area contributed by atoms with Gasteiger partial charge in [0.1, 0.15) is 18.4 Å². The van der Waals surface area contributed by atoms with Crippen molar-refractivity contribution in [2.45, 2.75) is 33.4 Å². The molecule has 1 atom stereocenters. The molecule has 7 nitrogen and oxygen atoms in total. The Labute approximate surface area is 163 Å². The normalized spacial score (nSPS) is 15.8. The third kappa shape index (κ3) is 3.38. The number of fused-ring (bicyclic) bond motifs is 1. The van der Waals surface area contributed by atoms with Gasteiger partial charge >= 0.3 is 0 Å². The second-order valence-corrected chi connectivity index (χ2v) is 6.92. The second kappa shape index (κ2) is 7.26. The number of ether oxygens (including phenoxy) is 1. The summed E-state index contributed by atoms with van der Waals surface area (Å²) in [6.07, 6.45) is 0. The molecule has 0 fully saturated rings. The zero-order chi connectivity index (χ0) is 19.7. The van der Waals surface area contributed by atoms with E-state index in [0.29, 0.717) is 18.1 Å². The van der Waals surface area contributed by atoms with E-state index in [0.717, 1.165) is 22.6 Å². The van der Waals surface area contributed by atoms with E-state index in [2.05, 4.69) is 39.9 Å². The summed E-state index contributed by atoms with van der Waals surface area (Å²) in [7, 11) is 0. The number of hydrogen-bond donors (Lipinski definition) is 1. The summed E-state index contributed by atoms with van der Waals surface area (Å²) in [4.78, 5) is 12.3. The number of carbonyl (C=O) groups excluding carboxylic acids is 1. The molecule has 1 unspecified atom stereocenters. The van der Waals surface area contributed by atoms with Crippen LogP contribution in [0.3, 0.4) is 0 Å². The monoisotopic (exact) mass is 375 g/mol. The standard InChI is InChI=1S/C21H21N5O2/c1-13-5-4-6-16(11-13)12-28-18-9-7-17(8-10-18)20-19(15(3)27)14(2)22-21-23-24-25-26(20)21/h4-11,20H,12H2,1-3H3,(H,22,23,25). The van der Waals surface area contributed by atoms with Crippen LogP contribution in [0.5, 0.6) is 5.75 Å². The molecule has 1 aromatic heterocycles. The zero-order valence-electron chi connectivity index (χ0n) is 16.0. The number of nitrogens with one attached hydrogen (secondary N) is 1. The Hall–Kier alpha value is -3.48. The molecule has 0 radical (unpaired) electrons. The highest BCUT2D eigenvalue weighted by Gasteiger charge is 2.32. The van der Waals surface area contributed by atoms with Gasteiger partial charge in [0, 0.05) is 11.3 Å². The van der Waals surface area contributed by atoms with E-state index < -0.39 is 0 Å². The lowest BCUT2D eigenvalue weighted by Crippen LogP contribution is -2.27. The SMILES string of the molecule is CC(=O)C1=C(C)Nc2nnnn2C1c1ccc(OCc2cccc(C)c2)cc1. The van der Waals surface area contributed by atoms with Crippen LogP contribution in [0.25, 0.3) is 0 Å². The predicted octanol–water partition coefficient (Wildman–Crippen LogP) is 3.44. The molecule has 0 spiro atoms. The molecule has 142 valence electrons. The molecule has 2 heterocycles.